The highest BCUT2D eigenvalue weighted by molar-refractivity contribution is 7.20. The number of carbonyl (C=O) groups is 1. The molecule has 9 nitrogen and oxygen atoms in total. The lowest BCUT2D eigenvalue weighted by Crippen LogP contribution is -2.44. The van der Waals surface area contributed by atoms with Crippen molar-refractivity contribution >= 4 is 50.2 Å². The number of benzene rings is 1. The molecule has 3 aromatic heterocycles. The second-order valence-corrected chi connectivity index (χ2v) is 11.4. The van der Waals surface area contributed by atoms with Crippen molar-refractivity contribution in [1.29, 1.82) is 0 Å². The number of hydrogen-bond donors (Lipinski definition) is 2. The van der Waals surface area contributed by atoms with Gasteiger partial charge in [-0.05, 0) is 49.2 Å². The van der Waals surface area contributed by atoms with Gasteiger partial charge in [-0.25, -0.2) is 4.98 Å². The fourth-order valence-electron chi connectivity index (χ4n) is 4.80. The van der Waals surface area contributed by atoms with E-state index in [0.717, 1.165) is 67.0 Å². The van der Waals surface area contributed by atoms with Gasteiger partial charge in [-0.1, -0.05) is 31.5 Å². The zero-order valence-corrected chi connectivity index (χ0v) is 24.2. The molecule has 0 atom stereocenters. The number of piperazine rings is 1. The summed E-state index contributed by atoms with van der Waals surface area (Å²) in [6.07, 6.45) is 5.65. The van der Waals surface area contributed by atoms with Gasteiger partial charge < -0.3 is 29.9 Å². The predicted octanol–water partition coefficient (Wildman–Crippen LogP) is 4.48. The lowest BCUT2D eigenvalue weighted by Gasteiger charge is -2.33. The lowest BCUT2D eigenvalue weighted by molar-refractivity contribution is 0.0957. The average Bonchev–Trinajstić information content (AvgIpc) is 3.41. The fraction of sp³-hybridized carbons (Fsp3) is 0.367. The van der Waals surface area contributed by atoms with Gasteiger partial charge in [0.25, 0.3) is 11.5 Å². The van der Waals surface area contributed by atoms with Crippen molar-refractivity contribution in [2.75, 3.05) is 61.6 Å². The molecular formula is C30H37N7O2S. The number of unbranched alkanes of at least 4 members (excludes halogenated alkanes) is 1. The summed E-state index contributed by atoms with van der Waals surface area (Å²) >= 11 is 1.49. The van der Waals surface area contributed by atoms with E-state index in [0.29, 0.717) is 23.1 Å². The smallest absolute Gasteiger partial charge is 0.274 e. The Morgan fingerprint density at radius 2 is 1.88 bits per heavy atom. The van der Waals surface area contributed by atoms with Gasteiger partial charge in [-0.15, -0.1) is 11.3 Å². The van der Waals surface area contributed by atoms with Crippen molar-refractivity contribution in [3.8, 4) is 0 Å². The molecule has 10 heteroatoms. The third-order valence-corrected chi connectivity index (χ3v) is 8.39. The van der Waals surface area contributed by atoms with Crippen LogP contribution in [0.1, 0.15) is 29.4 Å². The van der Waals surface area contributed by atoms with Crippen LogP contribution in [0.5, 0.6) is 0 Å². The SMILES string of the molecule is CCCCN(CNC(=O)c1cc2ccccc2s1)c1cc(Nc2ccc(N3CCN(C)CC3)cn2)c(=O)n(C)c1. The number of nitrogens with zero attached hydrogens (tertiary/aromatic N) is 5. The van der Waals surface area contributed by atoms with Crippen molar-refractivity contribution in [1.82, 2.24) is 19.8 Å². The molecular weight excluding hydrogens is 522 g/mol. The number of amides is 1. The van der Waals surface area contributed by atoms with Gasteiger partial charge in [0, 0.05) is 50.7 Å². The maximum Gasteiger partial charge on any atom is 0.274 e. The summed E-state index contributed by atoms with van der Waals surface area (Å²) < 4.78 is 2.66. The predicted molar refractivity (Wildman–Crippen MR) is 165 cm³/mol. The standard InChI is InChI=1S/C30H37N7O2S/c1-4-5-12-37(21-32-29(38)27-17-22-8-6-7-9-26(22)40-27)24-18-25(30(39)35(3)20-24)33-28-11-10-23(19-31-28)36-15-13-34(2)14-16-36/h6-11,17-20H,4-5,12-16,21H2,1-3H3,(H,31,33)(H,32,38). The minimum Gasteiger partial charge on any atom is -0.368 e. The number of hydrogen-bond acceptors (Lipinski definition) is 8. The van der Waals surface area contributed by atoms with Crippen molar-refractivity contribution < 1.29 is 4.79 Å². The molecule has 0 radical (unpaired) electrons. The topological polar surface area (TPSA) is 85.7 Å². The van der Waals surface area contributed by atoms with Crippen LogP contribution < -0.4 is 26.0 Å². The molecule has 4 heterocycles. The molecule has 2 N–H and O–H groups in total. The summed E-state index contributed by atoms with van der Waals surface area (Å²) in [5.74, 6) is 0.515. The first-order valence-electron chi connectivity index (χ1n) is 13.8. The van der Waals surface area contributed by atoms with E-state index >= 15 is 0 Å². The molecule has 5 rings (SSSR count). The largest absolute Gasteiger partial charge is 0.368 e. The van der Waals surface area contributed by atoms with Crippen molar-refractivity contribution in [2.45, 2.75) is 19.8 Å². The van der Waals surface area contributed by atoms with E-state index in [9.17, 15) is 9.59 Å². The van der Waals surface area contributed by atoms with Crippen molar-refractivity contribution in [3.63, 3.8) is 0 Å². The number of thiophene rings is 1. The third-order valence-electron chi connectivity index (χ3n) is 7.27. The number of likely N-dealkylation sites (N-methyl/N-ethyl adjacent to an activating group) is 1. The van der Waals surface area contributed by atoms with Gasteiger partial charge in [0.2, 0.25) is 0 Å². The molecule has 40 heavy (non-hydrogen) atoms. The number of rotatable bonds is 10. The summed E-state index contributed by atoms with van der Waals surface area (Å²) in [4.78, 5) is 38.0. The fourth-order valence-corrected chi connectivity index (χ4v) is 5.78. The maximum atomic E-state index is 13.0. The van der Waals surface area contributed by atoms with Crippen LogP contribution in [0.15, 0.2) is 65.7 Å². The zero-order valence-electron chi connectivity index (χ0n) is 23.4. The summed E-state index contributed by atoms with van der Waals surface area (Å²) in [5.41, 5.74) is 2.24. The quantitative estimate of drug-likeness (QED) is 0.277. The summed E-state index contributed by atoms with van der Waals surface area (Å²) in [6, 6.07) is 15.7. The molecule has 1 amide bonds. The van der Waals surface area contributed by atoms with Gasteiger partial charge in [0.05, 0.1) is 29.1 Å². The van der Waals surface area contributed by atoms with Crippen molar-refractivity contribution in [3.05, 3.63) is 76.2 Å². The first kappa shape index (κ1) is 27.7. The van der Waals surface area contributed by atoms with Crippen LogP contribution in [0.3, 0.4) is 0 Å². The Bertz CT molecular complexity index is 1470. The van der Waals surface area contributed by atoms with E-state index < -0.39 is 0 Å². The number of aromatic nitrogens is 2. The lowest BCUT2D eigenvalue weighted by atomic mass is 10.2. The molecule has 1 aliphatic heterocycles. The highest BCUT2D eigenvalue weighted by Gasteiger charge is 2.17. The molecule has 1 fully saturated rings. The van der Waals surface area contributed by atoms with E-state index in [-0.39, 0.29) is 11.5 Å². The number of aryl methyl sites for hydroxylation is 1. The van der Waals surface area contributed by atoms with Crippen molar-refractivity contribution in [2.24, 2.45) is 7.05 Å². The minimum absolute atomic E-state index is 0.101. The van der Waals surface area contributed by atoms with Crippen LogP contribution in [0.2, 0.25) is 0 Å². The van der Waals surface area contributed by atoms with Gasteiger partial charge in [0.15, 0.2) is 0 Å². The van der Waals surface area contributed by atoms with Crippen LogP contribution in [-0.4, -0.2) is 66.8 Å². The Morgan fingerprint density at radius 3 is 2.60 bits per heavy atom. The summed E-state index contributed by atoms with van der Waals surface area (Å²) in [7, 11) is 3.88. The van der Waals surface area contributed by atoms with Crippen LogP contribution in [0.4, 0.5) is 22.9 Å². The maximum absolute atomic E-state index is 13.0. The Balaban J connectivity index is 1.30. The molecule has 0 bridgehead atoms. The molecule has 210 valence electrons. The van der Waals surface area contributed by atoms with E-state index in [2.05, 4.69) is 44.3 Å². The molecule has 0 saturated carbocycles. The van der Waals surface area contributed by atoms with Gasteiger partial charge >= 0.3 is 0 Å². The summed E-state index contributed by atoms with van der Waals surface area (Å²) in [6.45, 7) is 7.23. The monoisotopic (exact) mass is 559 g/mol. The normalized spacial score (nSPS) is 13.9. The van der Waals surface area contributed by atoms with E-state index in [1.807, 2.05) is 60.9 Å². The van der Waals surface area contributed by atoms with Gasteiger partial charge in [0.1, 0.15) is 11.5 Å². The van der Waals surface area contributed by atoms with Gasteiger partial charge in [-0.3, -0.25) is 9.59 Å². The second kappa shape index (κ2) is 12.5. The van der Waals surface area contributed by atoms with Crippen LogP contribution in [0, 0.1) is 0 Å². The Labute approximate surface area is 239 Å². The second-order valence-electron chi connectivity index (χ2n) is 10.3. The van der Waals surface area contributed by atoms with E-state index in [4.69, 9.17) is 0 Å². The van der Waals surface area contributed by atoms with E-state index in [1.165, 1.54) is 11.3 Å². The minimum atomic E-state index is -0.140. The number of fused-ring (bicyclic) bond motifs is 1. The number of nitrogens with one attached hydrogen (secondary N) is 2. The first-order chi connectivity index (χ1) is 19.4. The molecule has 1 aromatic carbocycles. The van der Waals surface area contributed by atoms with E-state index in [1.54, 1.807) is 11.6 Å². The molecule has 0 unspecified atom stereocenters. The average molecular weight is 560 g/mol. The van der Waals surface area contributed by atoms with Crippen LogP contribution >= 0.6 is 11.3 Å². The molecule has 1 saturated heterocycles. The Kier molecular flexibility index (Phi) is 8.66. The number of anilines is 4. The van der Waals surface area contributed by atoms with Crippen LogP contribution in [0.25, 0.3) is 10.1 Å². The van der Waals surface area contributed by atoms with Gasteiger partial charge in [-0.2, -0.15) is 0 Å². The third kappa shape index (κ3) is 6.46. The molecule has 4 aromatic rings. The highest BCUT2D eigenvalue weighted by Crippen LogP contribution is 2.25. The molecule has 1 aliphatic rings. The Hall–Kier alpha value is -3.89. The molecule has 0 aliphatic carbocycles. The number of carbonyl (C=O) groups excluding carboxylic acids is 1. The highest BCUT2D eigenvalue weighted by atomic mass is 32.1. The molecule has 0 spiro atoms. The first-order valence-corrected chi connectivity index (χ1v) is 14.6. The van der Waals surface area contributed by atoms with Crippen LogP contribution in [-0.2, 0) is 7.05 Å². The zero-order chi connectivity index (χ0) is 28.1. The Morgan fingerprint density at radius 1 is 1.07 bits per heavy atom. The number of pyridine rings is 2. The summed E-state index contributed by atoms with van der Waals surface area (Å²) in [5, 5.41) is 7.37.